The van der Waals surface area contributed by atoms with Gasteiger partial charge >= 0.3 is 12.3 Å². The maximum Gasteiger partial charge on any atom is 0.422 e. The fraction of sp³-hybridized carbons (Fsp3) is 0.400. The number of ether oxygens (including phenoxy) is 1. The molecule has 10 heteroatoms. The molecule has 0 saturated carbocycles. The van der Waals surface area contributed by atoms with E-state index in [-0.39, 0.29) is 24.9 Å². The van der Waals surface area contributed by atoms with Gasteiger partial charge in [-0.05, 0) is 47.4 Å². The first-order valence-electron chi connectivity index (χ1n) is 9.34. The van der Waals surface area contributed by atoms with Crippen LogP contribution in [0.5, 0.6) is 0 Å². The van der Waals surface area contributed by atoms with Crippen LogP contribution in [0, 0.1) is 5.92 Å². The Labute approximate surface area is 180 Å². The van der Waals surface area contributed by atoms with Crippen molar-refractivity contribution in [3.05, 3.63) is 46.7 Å². The molecule has 1 fully saturated rings. The van der Waals surface area contributed by atoms with Crippen molar-refractivity contribution in [3.8, 4) is 0 Å². The van der Waals surface area contributed by atoms with Crippen LogP contribution in [0.1, 0.15) is 18.4 Å². The van der Waals surface area contributed by atoms with E-state index in [0.717, 1.165) is 16.3 Å². The van der Waals surface area contributed by atoms with Gasteiger partial charge in [-0.2, -0.15) is 24.5 Å². The van der Waals surface area contributed by atoms with Gasteiger partial charge in [-0.25, -0.2) is 4.79 Å². The second kappa shape index (κ2) is 10.2. The number of nitrogens with zero attached hydrogens (tertiary/aromatic N) is 1. The Morgan fingerprint density at radius 2 is 1.93 bits per heavy atom. The van der Waals surface area contributed by atoms with Crippen molar-refractivity contribution in [2.45, 2.75) is 29.7 Å². The van der Waals surface area contributed by atoms with E-state index in [1.807, 2.05) is 29.6 Å². The van der Waals surface area contributed by atoms with Gasteiger partial charge in [0, 0.05) is 29.7 Å². The number of rotatable bonds is 6. The van der Waals surface area contributed by atoms with Crippen molar-refractivity contribution in [1.82, 2.24) is 4.90 Å². The molecule has 2 aromatic rings. The van der Waals surface area contributed by atoms with E-state index in [1.54, 1.807) is 23.1 Å². The summed E-state index contributed by atoms with van der Waals surface area (Å²) in [6.45, 7) is -1.24. The highest BCUT2D eigenvalue weighted by atomic mass is 32.2. The van der Waals surface area contributed by atoms with Crippen LogP contribution in [0.25, 0.3) is 0 Å². The van der Waals surface area contributed by atoms with E-state index >= 15 is 0 Å². The summed E-state index contributed by atoms with van der Waals surface area (Å²) in [6, 6.07) is 9.62. The third-order valence-electron chi connectivity index (χ3n) is 4.60. The SMILES string of the molecule is O=C(Nc1ccccc1SCc1ccsc1)C1CCN(C(=O)OCC(F)(F)F)CC1. The number of carbonyl (C=O) groups is 2. The molecule has 0 unspecified atom stereocenters. The molecular formula is C20H21F3N2O3S2. The fourth-order valence-electron chi connectivity index (χ4n) is 3.03. The zero-order chi connectivity index (χ0) is 21.6. The quantitative estimate of drug-likeness (QED) is 0.590. The summed E-state index contributed by atoms with van der Waals surface area (Å²) in [6.07, 6.45) is -4.81. The maximum atomic E-state index is 12.7. The maximum absolute atomic E-state index is 12.7. The standard InChI is InChI=1S/C20H21F3N2O3S2/c21-20(22,23)13-28-19(27)25-8-5-15(6-9-25)18(26)24-16-3-1-2-4-17(16)30-12-14-7-10-29-11-14/h1-4,7,10-11,15H,5-6,8-9,12-13H2,(H,24,26). The van der Waals surface area contributed by atoms with Gasteiger partial charge in [0.1, 0.15) is 0 Å². The van der Waals surface area contributed by atoms with Gasteiger partial charge in [0.25, 0.3) is 0 Å². The minimum Gasteiger partial charge on any atom is -0.440 e. The Morgan fingerprint density at radius 1 is 1.20 bits per heavy atom. The molecule has 0 bridgehead atoms. The average Bonchev–Trinajstić information content (AvgIpc) is 3.24. The molecule has 0 spiro atoms. The van der Waals surface area contributed by atoms with Crippen LogP contribution in [0.2, 0.25) is 0 Å². The highest BCUT2D eigenvalue weighted by Gasteiger charge is 2.33. The van der Waals surface area contributed by atoms with Crippen LogP contribution in [0.15, 0.2) is 46.0 Å². The van der Waals surface area contributed by atoms with Gasteiger partial charge < -0.3 is 15.0 Å². The van der Waals surface area contributed by atoms with Crippen molar-refractivity contribution in [1.29, 1.82) is 0 Å². The lowest BCUT2D eigenvalue weighted by Crippen LogP contribution is -2.42. The monoisotopic (exact) mass is 458 g/mol. The van der Waals surface area contributed by atoms with Crippen molar-refractivity contribution < 1.29 is 27.5 Å². The summed E-state index contributed by atoms with van der Waals surface area (Å²) in [5, 5.41) is 7.07. The Hall–Kier alpha value is -2.20. The number of amides is 2. The topological polar surface area (TPSA) is 58.6 Å². The van der Waals surface area contributed by atoms with Crippen LogP contribution >= 0.6 is 23.1 Å². The second-order valence-electron chi connectivity index (χ2n) is 6.84. The minimum absolute atomic E-state index is 0.151. The van der Waals surface area contributed by atoms with Crippen molar-refractivity contribution in [3.63, 3.8) is 0 Å². The number of carbonyl (C=O) groups excluding carboxylic acids is 2. The normalized spacial score (nSPS) is 15.1. The first-order valence-corrected chi connectivity index (χ1v) is 11.3. The summed E-state index contributed by atoms with van der Waals surface area (Å²) >= 11 is 3.27. The Bertz CT molecular complexity index is 851. The van der Waals surface area contributed by atoms with Crippen LogP contribution in [-0.2, 0) is 15.3 Å². The predicted molar refractivity (Wildman–Crippen MR) is 111 cm³/mol. The molecule has 0 radical (unpaired) electrons. The molecule has 1 aromatic heterocycles. The summed E-state index contributed by atoms with van der Waals surface area (Å²) in [4.78, 5) is 26.6. The number of alkyl halides is 3. The number of thiophene rings is 1. The molecule has 1 aromatic carbocycles. The Morgan fingerprint density at radius 3 is 2.60 bits per heavy atom. The number of thioether (sulfide) groups is 1. The van der Waals surface area contributed by atoms with E-state index in [9.17, 15) is 22.8 Å². The van der Waals surface area contributed by atoms with Gasteiger partial charge in [0.05, 0.1) is 5.69 Å². The highest BCUT2D eigenvalue weighted by molar-refractivity contribution is 7.98. The van der Waals surface area contributed by atoms with Crippen molar-refractivity contribution in [2.75, 3.05) is 25.0 Å². The molecule has 1 N–H and O–H groups in total. The van der Waals surface area contributed by atoms with Crippen LogP contribution in [0.3, 0.4) is 0 Å². The fourth-order valence-corrected chi connectivity index (χ4v) is 4.75. The van der Waals surface area contributed by atoms with Crippen LogP contribution < -0.4 is 5.32 Å². The van der Waals surface area contributed by atoms with Gasteiger partial charge in [0.2, 0.25) is 5.91 Å². The first-order chi connectivity index (χ1) is 14.3. The van der Waals surface area contributed by atoms with Gasteiger partial charge in [-0.3, -0.25) is 4.79 Å². The summed E-state index contributed by atoms with van der Waals surface area (Å²) in [7, 11) is 0. The largest absolute Gasteiger partial charge is 0.440 e. The van der Waals surface area contributed by atoms with Crippen LogP contribution in [-0.4, -0.2) is 42.8 Å². The van der Waals surface area contributed by atoms with E-state index < -0.39 is 18.9 Å². The third-order valence-corrected chi connectivity index (χ3v) is 6.48. The zero-order valence-electron chi connectivity index (χ0n) is 16.0. The lowest BCUT2D eigenvalue weighted by atomic mass is 9.96. The number of halogens is 3. The van der Waals surface area contributed by atoms with E-state index in [4.69, 9.17) is 0 Å². The molecule has 2 amide bonds. The lowest BCUT2D eigenvalue weighted by Gasteiger charge is -2.30. The number of hydrogen-bond acceptors (Lipinski definition) is 5. The smallest absolute Gasteiger partial charge is 0.422 e. The third kappa shape index (κ3) is 6.66. The number of anilines is 1. The van der Waals surface area contributed by atoms with Gasteiger partial charge in [0.15, 0.2) is 6.61 Å². The number of piperidine rings is 1. The van der Waals surface area contributed by atoms with E-state index in [0.29, 0.717) is 12.8 Å². The van der Waals surface area contributed by atoms with Crippen molar-refractivity contribution >= 4 is 40.8 Å². The number of likely N-dealkylation sites (tertiary alicyclic amines) is 1. The molecule has 30 heavy (non-hydrogen) atoms. The molecule has 5 nitrogen and oxygen atoms in total. The Balaban J connectivity index is 1.50. The Kier molecular flexibility index (Phi) is 7.65. The number of nitrogens with one attached hydrogen (secondary N) is 1. The summed E-state index contributed by atoms with van der Waals surface area (Å²) in [5.74, 6) is 0.336. The van der Waals surface area contributed by atoms with E-state index in [2.05, 4.69) is 21.5 Å². The zero-order valence-corrected chi connectivity index (χ0v) is 17.6. The van der Waals surface area contributed by atoms with Gasteiger partial charge in [-0.1, -0.05) is 12.1 Å². The molecular weight excluding hydrogens is 437 g/mol. The number of benzene rings is 1. The predicted octanol–water partition coefficient (Wildman–Crippen LogP) is 5.39. The molecule has 0 atom stereocenters. The summed E-state index contributed by atoms with van der Waals surface area (Å²) < 4.78 is 40.8. The molecule has 1 aliphatic rings. The van der Waals surface area contributed by atoms with E-state index in [1.165, 1.54) is 10.5 Å². The summed E-state index contributed by atoms with van der Waals surface area (Å²) in [5.41, 5.74) is 1.95. The molecule has 162 valence electrons. The molecule has 3 rings (SSSR count). The molecule has 2 heterocycles. The second-order valence-corrected chi connectivity index (χ2v) is 8.63. The highest BCUT2D eigenvalue weighted by Crippen LogP contribution is 2.31. The molecule has 1 aliphatic heterocycles. The molecule has 0 aliphatic carbocycles. The number of para-hydroxylation sites is 1. The minimum atomic E-state index is -4.55. The lowest BCUT2D eigenvalue weighted by molar-refractivity contribution is -0.162. The average molecular weight is 459 g/mol. The number of hydrogen-bond donors (Lipinski definition) is 1. The van der Waals surface area contributed by atoms with Gasteiger partial charge in [-0.15, -0.1) is 11.8 Å². The first kappa shape index (κ1) is 22.5. The van der Waals surface area contributed by atoms with Crippen molar-refractivity contribution in [2.24, 2.45) is 5.92 Å². The van der Waals surface area contributed by atoms with Crippen LogP contribution in [0.4, 0.5) is 23.7 Å². The molecule has 1 saturated heterocycles.